The summed E-state index contributed by atoms with van der Waals surface area (Å²) in [5.41, 5.74) is 3.01. The van der Waals surface area contributed by atoms with Crippen molar-refractivity contribution in [1.82, 2.24) is 4.83 Å². The van der Waals surface area contributed by atoms with E-state index >= 15 is 0 Å². The molecule has 0 amide bonds. The van der Waals surface area contributed by atoms with Crippen LogP contribution in [0.25, 0.3) is 11.3 Å². The van der Waals surface area contributed by atoms with E-state index in [4.69, 9.17) is 4.42 Å². The van der Waals surface area contributed by atoms with Crippen LogP contribution in [0.3, 0.4) is 0 Å². The van der Waals surface area contributed by atoms with Gasteiger partial charge in [0.25, 0.3) is 10.0 Å². The summed E-state index contributed by atoms with van der Waals surface area (Å²) in [6.07, 6.45) is 1.25. The van der Waals surface area contributed by atoms with E-state index in [2.05, 4.69) is 9.93 Å². The number of furan rings is 1. The molecule has 0 unspecified atom stereocenters. The molecule has 0 bridgehead atoms. The molecule has 1 aliphatic rings. The molecule has 4 aromatic rings. The van der Waals surface area contributed by atoms with Crippen LogP contribution in [0.4, 0.5) is 0 Å². The fraction of sp³-hybridized carbons (Fsp3) is 0.0385. The zero-order valence-electron chi connectivity index (χ0n) is 18.0. The number of hydrazone groups is 1. The van der Waals surface area contributed by atoms with Gasteiger partial charge in [-0.2, -0.15) is 18.4 Å². The largest absolute Gasteiger partial charge is 0.455 e. The van der Waals surface area contributed by atoms with Crippen molar-refractivity contribution in [2.75, 3.05) is 0 Å². The predicted octanol–water partition coefficient (Wildman–Crippen LogP) is 4.34. The van der Waals surface area contributed by atoms with Crippen molar-refractivity contribution >= 4 is 27.8 Å². The van der Waals surface area contributed by atoms with E-state index in [9.17, 15) is 18.0 Å². The topological polar surface area (TPSA) is 106 Å². The molecule has 0 atom stereocenters. The number of sulfonamides is 1. The van der Waals surface area contributed by atoms with E-state index < -0.39 is 10.0 Å². The van der Waals surface area contributed by atoms with Crippen molar-refractivity contribution < 1.29 is 22.4 Å². The zero-order chi connectivity index (χ0) is 23.9. The Hall–Kier alpha value is -4.30. The van der Waals surface area contributed by atoms with Crippen LogP contribution in [0.5, 0.6) is 0 Å². The first kappa shape index (κ1) is 21.5. The van der Waals surface area contributed by atoms with Gasteiger partial charge < -0.3 is 4.42 Å². The van der Waals surface area contributed by atoms with Gasteiger partial charge in [0.2, 0.25) is 0 Å². The third-order valence-electron chi connectivity index (χ3n) is 5.53. The summed E-state index contributed by atoms with van der Waals surface area (Å²) < 4.78 is 30.4. The molecule has 34 heavy (non-hydrogen) atoms. The molecule has 0 radical (unpaired) electrons. The van der Waals surface area contributed by atoms with Crippen molar-refractivity contribution in [3.05, 3.63) is 112 Å². The zero-order valence-corrected chi connectivity index (χ0v) is 18.8. The third kappa shape index (κ3) is 3.84. The van der Waals surface area contributed by atoms with Crippen molar-refractivity contribution in [2.24, 2.45) is 5.10 Å². The molecule has 168 valence electrons. The maximum atomic E-state index is 12.9. The maximum Gasteiger partial charge on any atom is 0.276 e. The monoisotopic (exact) mass is 470 g/mol. The van der Waals surface area contributed by atoms with Gasteiger partial charge in [-0.25, -0.2) is 0 Å². The first-order valence-corrected chi connectivity index (χ1v) is 11.9. The first-order valence-electron chi connectivity index (χ1n) is 10.4. The summed E-state index contributed by atoms with van der Waals surface area (Å²) >= 11 is 0. The highest BCUT2D eigenvalue weighted by molar-refractivity contribution is 7.89. The van der Waals surface area contributed by atoms with Crippen LogP contribution in [-0.4, -0.2) is 26.2 Å². The van der Waals surface area contributed by atoms with E-state index in [-0.39, 0.29) is 16.5 Å². The lowest BCUT2D eigenvalue weighted by molar-refractivity contribution is 0.0979. The Bertz CT molecular complexity index is 1580. The van der Waals surface area contributed by atoms with Gasteiger partial charge in [0.1, 0.15) is 11.5 Å². The minimum absolute atomic E-state index is 0.102. The molecule has 0 fully saturated rings. The van der Waals surface area contributed by atoms with E-state index in [0.29, 0.717) is 39.3 Å². The van der Waals surface area contributed by atoms with Crippen LogP contribution in [0.1, 0.15) is 43.2 Å². The number of fused-ring (bicyclic) bond motifs is 2. The highest BCUT2D eigenvalue weighted by atomic mass is 32.2. The van der Waals surface area contributed by atoms with E-state index in [1.807, 2.05) is 6.92 Å². The maximum absolute atomic E-state index is 12.9. The fourth-order valence-corrected chi connectivity index (χ4v) is 4.55. The number of carbonyl (C=O) groups excluding carboxylic acids is 2. The second-order valence-electron chi connectivity index (χ2n) is 7.83. The van der Waals surface area contributed by atoms with Crippen molar-refractivity contribution in [2.45, 2.75) is 11.8 Å². The highest BCUT2D eigenvalue weighted by Crippen LogP contribution is 2.31. The molecular formula is C26H18N2O5S. The number of aryl methyl sites for hydroxylation is 1. The lowest BCUT2D eigenvalue weighted by Gasteiger charge is -2.17. The van der Waals surface area contributed by atoms with Gasteiger partial charge >= 0.3 is 0 Å². The van der Waals surface area contributed by atoms with Gasteiger partial charge in [-0.05, 0) is 43.3 Å². The summed E-state index contributed by atoms with van der Waals surface area (Å²) in [7, 11) is -3.80. The highest BCUT2D eigenvalue weighted by Gasteiger charge is 2.29. The van der Waals surface area contributed by atoms with Crippen molar-refractivity contribution in [3.63, 3.8) is 0 Å². The lowest BCUT2D eigenvalue weighted by atomic mass is 9.83. The van der Waals surface area contributed by atoms with Gasteiger partial charge in [0.15, 0.2) is 11.6 Å². The number of hydrogen-bond donors (Lipinski definition) is 1. The molecule has 7 nitrogen and oxygen atoms in total. The Labute approximate surface area is 195 Å². The summed E-state index contributed by atoms with van der Waals surface area (Å²) in [6, 6.07) is 21.4. The van der Waals surface area contributed by atoms with E-state index in [0.717, 1.165) is 5.56 Å². The molecule has 1 aliphatic carbocycles. The smallest absolute Gasteiger partial charge is 0.276 e. The number of benzene rings is 3. The predicted molar refractivity (Wildman–Crippen MR) is 127 cm³/mol. The van der Waals surface area contributed by atoms with Gasteiger partial charge in [-0.1, -0.05) is 48.0 Å². The van der Waals surface area contributed by atoms with Crippen LogP contribution in [0, 0.1) is 6.92 Å². The quantitative estimate of drug-likeness (QED) is 0.304. The van der Waals surface area contributed by atoms with E-state index in [1.54, 1.807) is 66.7 Å². The van der Waals surface area contributed by atoms with Crippen molar-refractivity contribution in [3.8, 4) is 11.3 Å². The number of rotatable bonds is 5. The minimum atomic E-state index is -3.80. The summed E-state index contributed by atoms with van der Waals surface area (Å²) in [4.78, 5) is 28.0. The molecule has 1 aromatic heterocycles. The number of nitrogens with zero attached hydrogens (tertiary/aromatic N) is 1. The van der Waals surface area contributed by atoms with Crippen molar-refractivity contribution in [1.29, 1.82) is 0 Å². The molecule has 1 heterocycles. The number of hydrogen-bond acceptors (Lipinski definition) is 6. The van der Waals surface area contributed by atoms with Crippen LogP contribution in [0.15, 0.2) is 93.3 Å². The third-order valence-corrected chi connectivity index (χ3v) is 6.77. The Balaban J connectivity index is 1.37. The minimum Gasteiger partial charge on any atom is -0.455 e. The van der Waals surface area contributed by atoms with Crippen LogP contribution >= 0.6 is 0 Å². The van der Waals surface area contributed by atoms with Gasteiger partial charge in [0, 0.05) is 27.8 Å². The second kappa shape index (κ2) is 8.24. The van der Waals surface area contributed by atoms with E-state index in [1.165, 1.54) is 18.3 Å². The molecule has 5 rings (SSSR count). The summed E-state index contributed by atoms with van der Waals surface area (Å²) in [5.74, 6) is 0.354. The van der Waals surface area contributed by atoms with Crippen LogP contribution in [0.2, 0.25) is 0 Å². The fourth-order valence-electron chi connectivity index (χ4n) is 3.76. The van der Waals surface area contributed by atoms with Crippen LogP contribution < -0.4 is 4.83 Å². The number of ketones is 2. The second-order valence-corrected chi connectivity index (χ2v) is 9.49. The average molecular weight is 471 g/mol. The first-order chi connectivity index (χ1) is 16.3. The van der Waals surface area contributed by atoms with Gasteiger partial charge in [-0.15, -0.1) is 0 Å². The molecule has 1 N–H and O–H groups in total. The van der Waals surface area contributed by atoms with Crippen LogP contribution in [-0.2, 0) is 10.0 Å². The molecule has 0 saturated carbocycles. The molecular weight excluding hydrogens is 452 g/mol. The molecule has 3 aromatic carbocycles. The lowest BCUT2D eigenvalue weighted by Crippen LogP contribution is -2.20. The SMILES string of the molecule is Cc1ccc(S(=O)(=O)NN=Cc2ccc(-c3ccc4c(c3)C(=O)c3ccccc3C4=O)o2)cc1. The molecule has 0 saturated heterocycles. The normalized spacial score (nSPS) is 13.1. The Morgan fingerprint density at radius 3 is 2.15 bits per heavy atom. The average Bonchev–Trinajstić information content (AvgIpc) is 3.31. The summed E-state index contributed by atoms with van der Waals surface area (Å²) in [5, 5.41) is 3.78. The molecule has 0 aliphatic heterocycles. The Morgan fingerprint density at radius 1 is 0.794 bits per heavy atom. The number of carbonyl (C=O) groups is 2. The molecule has 0 spiro atoms. The number of nitrogens with one attached hydrogen (secondary N) is 1. The Morgan fingerprint density at radius 2 is 1.44 bits per heavy atom. The molecule has 8 heteroatoms. The summed E-state index contributed by atoms with van der Waals surface area (Å²) in [6.45, 7) is 1.87. The van der Waals surface area contributed by atoms with Gasteiger partial charge in [0.05, 0.1) is 11.1 Å². The van der Waals surface area contributed by atoms with Gasteiger partial charge in [-0.3, -0.25) is 9.59 Å². The Kier molecular flexibility index (Phi) is 5.22. The standard InChI is InChI=1S/C26H18N2O5S/c1-16-6-10-19(11-7-16)34(31,32)28-27-15-18-9-13-24(33-18)17-8-12-22-23(14-17)26(30)21-5-3-2-4-20(21)25(22)29/h2-15,28H,1H3.